The Hall–Kier alpha value is -2.18. The van der Waals surface area contributed by atoms with E-state index in [0.717, 1.165) is 15.9 Å². The second kappa shape index (κ2) is 4.41. The van der Waals surface area contributed by atoms with Gasteiger partial charge in [-0.1, -0.05) is 11.6 Å². The van der Waals surface area contributed by atoms with Crippen LogP contribution < -0.4 is 5.73 Å². The van der Waals surface area contributed by atoms with Crippen LogP contribution >= 0.6 is 22.9 Å². The van der Waals surface area contributed by atoms with E-state index in [2.05, 4.69) is 9.97 Å². The van der Waals surface area contributed by atoms with Crippen molar-refractivity contribution in [1.29, 1.82) is 0 Å². The van der Waals surface area contributed by atoms with E-state index in [9.17, 15) is 4.39 Å². The molecule has 0 atom stereocenters. The number of nitrogen functional groups attached to an aromatic ring is 1. The molecule has 0 bridgehead atoms. The van der Waals surface area contributed by atoms with Crippen molar-refractivity contribution in [3.8, 4) is 5.69 Å². The quantitative estimate of drug-likeness (QED) is 0.577. The number of thiazole rings is 1. The van der Waals surface area contributed by atoms with Crippen molar-refractivity contribution in [1.82, 2.24) is 14.5 Å². The zero-order chi connectivity index (χ0) is 14.6. The maximum absolute atomic E-state index is 13.5. The summed E-state index contributed by atoms with van der Waals surface area (Å²) in [6, 6.07) is 8.61. The summed E-state index contributed by atoms with van der Waals surface area (Å²) in [6.07, 6.45) is 0. The SMILES string of the molecule is Nc1nc2cc(F)c(Cl)cc2n1-c1ccc2ncsc2c1. The molecule has 7 heteroatoms. The van der Waals surface area contributed by atoms with Gasteiger partial charge in [0.15, 0.2) is 0 Å². The molecule has 2 aromatic heterocycles. The van der Waals surface area contributed by atoms with Gasteiger partial charge in [-0.05, 0) is 24.3 Å². The summed E-state index contributed by atoms with van der Waals surface area (Å²) < 4.78 is 16.3. The predicted molar refractivity (Wildman–Crippen MR) is 83.6 cm³/mol. The predicted octanol–water partition coefficient (Wildman–Crippen LogP) is 4.01. The van der Waals surface area contributed by atoms with Crippen molar-refractivity contribution in [3.05, 3.63) is 46.7 Å². The highest BCUT2D eigenvalue weighted by Gasteiger charge is 2.13. The molecule has 4 rings (SSSR count). The molecule has 2 heterocycles. The first-order valence-corrected chi connectivity index (χ1v) is 7.36. The van der Waals surface area contributed by atoms with Crippen molar-refractivity contribution >= 4 is 50.1 Å². The Kier molecular flexibility index (Phi) is 2.63. The number of rotatable bonds is 1. The fraction of sp³-hybridized carbons (Fsp3) is 0. The molecule has 0 aliphatic rings. The first-order valence-electron chi connectivity index (χ1n) is 6.10. The normalized spacial score (nSPS) is 11.5. The van der Waals surface area contributed by atoms with Crippen LogP contribution in [0.2, 0.25) is 5.02 Å². The molecule has 104 valence electrons. The minimum atomic E-state index is -0.508. The molecule has 2 aromatic carbocycles. The van der Waals surface area contributed by atoms with Gasteiger partial charge in [0.25, 0.3) is 0 Å². The second-order valence-electron chi connectivity index (χ2n) is 4.56. The van der Waals surface area contributed by atoms with Crippen LogP contribution in [-0.4, -0.2) is 14.5 Å². The third kappa shape index (κ3) is 1.87. The number of hydrogen-bond acceptors (Lipinski definition) is 4. The van der Waals surface area contributed by atoms with Gasteiger partial charge in [-0.25, -0.2) is 14.4 Å². The van der Waals surface area contributed by atoms with E-state index < -0.39 is 5.82 Å². The molecule has 0 amide bonds. The topological polar surface area (TPSA) is 56.7 Å². The van der Waals surface area contributed by atoms with Crippen LogP contribution in [0.3, 0.4) is 0 Å². The van der Waals surface area contributed by atoms with Gasteiger partial charge >= 0.3 is 0 Å². The van der Waals surface area contributed by atoms with Crippen molar-refractivity contribution in [3.63, 3.8) is 0 Å². The Balaban J connectivity index is 2.04. The smallest absolute Gasteiger partial charge is 0.205 e. The minimum absolute atomic E-state index is 0.0440. The molecule has 2 N–H and O–H groups in total. The van der Waals surface area contributed by atoms with Gasteiger partial charge in [-0.2, -0.15) is 0 Å². The first-order chi connectivity index (χ1) is 10.1. The molecule has 0 spiro atoms. The molecule has 0 saturated heterocycles. The lowest BCUT2D eigenvalue weighted by atomic mass is 10.2. The highest BCUT2D eigenvalue weighted by Crippen LogP contribution is 2.29. The van der Waals surface area contributed by atoms with Gasteiger partial charge < -0.3 is 5.73 Å². The highest BCUT2D eigenvalue weighted by molar-refractivity contribution is 7.16. The summed E-state index contributed by atoms with van der Waals surface area (Å²) in [5.41, 5.74) is 10.7. The third-order valence-electron chi connectivity index (χ3n) is 3.30. The number of halogens is 2. The Morgan fingerprint density at radius 3 is 2.90 bits per heavy atom. The number of nitrogens with two attached hydrogens (primary N) is 1. The van der Waals surface area contributed by atoms with Crippen LogP contribution in [-0.2, 0) is 0 Å². The molecular formula is C14H8ClFN4S. The molecule has 0 fully saturated rings. The molecule has 21 heavy (non-hydrogen) atoms. The maximum Gasteiger partial charge on any atom is 0.205 e. The second-order valence-corrected chi connectivity index (χ2v) is 5.86. The number of aromatic nitrogens is 3. The average molecular weight is 319 g/mol. The number of hydrogen-bond donors (Lipinski definition) is 1. The third-order valence-corrected chi connectivity index (χ3v) is 4.38. The van der Waals surface area contributed by atoms with Crippen molar-refractivity contribution in [2.24, 2.45) is 0 Å². The highest BCUT2D eigenvalue weighted by atomic mass is 35.5. The number of nitrogens with zero attached hydrogens (tertiary/aromatic N) is 3. The molecule has 0 saturated carbocycles. The van der Waals surface area contributed by atoms with Crippen LogP contribution in [0, 0.1) is 5.82 Å². The van der Waals surface area contributed by atoms with Gasteiger partial charge in [0.05, 0.1) is 37.5 Å². The van der Waals surface area contributed by atoms with Crippen molar-refractivity contribution in [2.45, 2.75) is 0 Å². The monoisotopic (exact) mass is 318 g/mol. The number of fused-ring (bicyclic) bond motifs is 2. The van der Waals surface area contributed by atoms with E-state index in [1.807, 2.05) is 18.2 Å². The first kappa shape index (κ1) is 12.6. The minimum Gasteiger partial charge on any atom is -0.369 e. The molecule has 0 unspecified atom stereocenters. The fourth-order valence-corrected chi connectivity index (χ4v) is 3.21. The van der Waals surface area contributed by atoms with Gasteiger partial charge in [0.1, 0.15) is 5.82 Å². The average Bonchev–Trinajstić information content (AvgIpc) is 3.02. The van der Waals surface area contributed by atoms with Crippen molar-refractivity contribution in [2.75, 3.05) is 5.73 Å². The van der Waals surface area contributed by atoms with E-state index in [1.54, 1.807) is 21.4 Å². The lowest BCUT2D eigenvalue weighted by molar-refractivity contribution is 0.630. The van der Waals surface area contributed by atoms with E-state index in [1.165, 1.54) is 12.1 Å². The van der Waals surface area contributed by atoms with Gasteiger partial charge in [-0.15, -0.1) is 11.3 Å². The summed E-state index contributed by atoms with van der Waals surface area (Å²) in [7, 11) is 0. The Labute approximate surface area is 127 Å². The van der Waals surface area contributed by atoms with Crippen LogP contribution in [0.1, 0.15) is 0 Å². The van der Waals surface area contributed by atoms with Crippen molar-refractivity contribution < 1.29 is 4.39 Å². The molecule has 0 radical (unpaired) electrons. The summed E-state index contributed by atoms with van der Waals surface area (Å²) >= 11 is 7.41. The zero-order valence-electron chi connectivity index (χ0n) is 10.5. The van der Waals surface area contributed by atoms with Gasteiger partial charge in [0.2, 0.25) is 5.95 Å². The molecule has 4 nitrogen and oxygen atoms in total. The molecule has 0 aliphatic heterocycles. The molecule has 4 aromatic rings. The Morgan fingerprint density at radius 1 is 1.19 bits per heavy atom. The summed E-state index contributed by atoms with van der Waals surface area (Å²) in [5, 5.41) is 0.0440. The van der Waals surface area contributed by atoms with Gasteiger partial charge in [0, 0.05) is 6.07 Å². The number of imidazole rings is 1. The number of benzene rings is 2. The van der Waals surface area contributed by atoms with E-state index in [-0.39, 0.29) is 11.0 Å². The van der Waals surface area contributed by atoms with E-state index in [0.29, 0.717) is 11.0 Å². The zero-order valence-corrected chi connectivity index (χ0v) is 12.1. The lowest BCUT2D eigenvalue weighted by Gasteiger charge is -2.06. The summed E-state index contributed by atoms with van der Waals surface area (Å²) in [6.45, 7) is 0. The standard InChI is InChI=1S/C14H8ClFN4S/c15-8-4-12-11(5-9(8)16)19-14(17)20(12)7-1-2-10-13(3-7)21-6-18-10/h1-6H,(H2,17,19). The van der Waals surface area contributed by atoms with Gasteiger partial charge in [-0.3, -0.25) is 4.57 Å². The van der Waals surface area contributed by atoms with Crippen LogP contribution in [0.4, 0.5) is 10.3 Å². The number of anilines is 1. The Bertz CT molecular complexity index is 991. The van der Waals surface area contributed by atoms with Crippen LogP contribution in [0.15, 0.2) is 35.8 Å². The lowest BCUT2D eigenvalue weighted by Crippen LogP contribution is -2.00. The van der Waals surface area contributed by atoms with E-state index >= 15 is 0 Å². The van der Waals surface area contributed by atoms with E-state index in [4.69, 9.17) is 17.3 Å². The molecule has 0 aliphatic carbocycles. The summed E-state index contributed by atoms with van der Waals surface area (Å²) in [5.74, 6) is -0.220. The molecular weight excluding hydrogens is 311 g/mol. The van der Waals surface area contributed by atoms with Crippen LogP contribution in [0.5, 0.6) is 0 Å². The van der Waals surface area contributed by atoms with Crippen LogP contribution in [0.25, 0.3) is 26.9 Å². The maximum atomic E-state index is 13.5. The largest absolute Gasteiger partial charge is 0.369 e. The summed E-state index contributed by atoms with van der Waals surface area (Å²) in [4.78, 5) is 8.43. The Morgan fingerprint density at radius 2 is 2.05 bits per heavy atom. The fourth-order valence-electron chi connectivity index (χ4n) is 2.35.